The van der Waals surface area contributed by atoms with Gasteiger partial charge in [-0.15, -0.1) is 0 Å². The van der Waals surface area contributed by atoms with Crippen LogP contribution in [0.5, 0.6) is 0 Å². The maximum absolute atomic E-state index is 13.4. The van der Waals surface area contributed by atoms with E-state index in [1.807, 2.05) is 26.0 Å². The molecule has 3 aromatic rings. The molecule has 0 saturated heterocycles. The lowest BCUT2D eigenvalue weighted by Gasteiger charge is -2.24. The van der Waals surface area contributed by atoms with E-state index >= 15 is 0 Å². The highest BCUT2D eigenvalue weighted by Crippen LogP contribution is 2.38. The van der Waals surface area contributed by atoms with Crippen molar-refractivity contribution in [3.63, 3.8) is 0 Å². The first-order valence-corrected chi connectivity index (χ1v) is 9.05. The molecule has 0 unspecified atom stereocenters. The Balaban J connectivity index is 2.05. The van der Waals surface area contributed by atoms with Gasteiger partial charge >= 0.3 is 0 Å². The first-order valence-electron chi connectivity index (χ1n) is 8.67. The Labute approximate surface area is 160 Å². The second kappa shape index (κ2) is 6.51. The van der Waals surface area contributed by atoms with Gasteiger partial charge in [0.05, 0.1) is 23.6 Å². The molecule has 0 spiro atoms. The van der Waals surface area contributed by atoms with Crippen molar-refractivity contribution in [2.45, 2.75) is 19.9 Å². The van der Waals surface area contributed by atoms with Gasteiger partial charge in [-0.2, -0.15) is 0 Å². The zero-order valence-corrected chi connectivity index (χ0v) is 15.7. The van der Waals surface area contributed by atoms with Gasteiger partial charge in [-0.3, -0.25) is 9.59 Å². The predicted octanol–water partition coefficient (Wildman–Crippen LogP) is 3.60. The third-order valence-corrected chi connectivity index (χ3v) is 5.14. The summed E-state index contributed by atoms with van der Waals surface area (Å²) in [7, 11) is 0. The molecule has 6 heteroatoms. The van der Waals surface area contributed by atoms with Crippen LogP contribution in [0.25, 0.3) is 11.0 Å². The van der Waals surface area contributed by atoms with Crippen molar-refractivity contribution in [2.24, 2.45) is 0 Å². The third-order valence-electron chi connectivity index (χ3n) is 4.90. The summed E-state index contributed by atoms with van der Waals surface area (Å²) in [6.45, 7) is 3.64. The second-order valence-electron chi connectivity index (χ2n) is 6.81. The minimum Gasteiger partial charge on any atom is -0.450 e. The normalized spacial score (nSPS) is 16.2. The summed E-state index contributed by atoms with van der Waals surface area (Å²) in [5.74, 6) is -0.360. The van der Waals surface area contributed by atoms with Crippen LogP contribution >= 0.6 is 11.6 Å². The minimum absolute atomic E-state index is 0.0397. The Morgan fingerprint density at radius 2 is 1.96 bits per heavy atom. The Morgan fingerprint density at radius 3 is 2.67 bits per heavy atom. The fraction of sp³-hybridized carbons (Fsp3) is 0.238. The molecule has 0 radical (unpaired) electrons. The van der Waals surface area contributed by atoms with Gasteiger partial charge in [0, 0.05) is 11.6 Å². The van der Waals surface area contributed by atoms with E-state index in [9.17, 15) is 14.7 Å². The standard InChI is InChI=1S/C21H18ClNO4/c1-11-8-12(2)19-15(9-11)18(25)16-17(13-4-3-5-14(22)10-13)23(6-7-24)21(26)20(16)27-19/h3-5,8-10,17,24H,6-7H2,1-2H3/t17-/m0/s1. The van der Waals surface area contributed by atoms with Gasteiger partial charge in [-0.1, -0.05) is 29.8 Å². The number of β-amino-alcohol motifs (C(OH)–C–C–N with tert-alkyl or cyclic N) is 1. The lowest BCUT2D eigenvalue weighted by atomic mass is 9.97. The zero-order chi connectivity index (χ0) is 19.3. The van der Waals surface area contributed by atoms with Gasteiger partial charge in [0.15, 0.2) is 5.43 Å². The first-order chi connectivity index (χ1) is 12.9. The van der Waals surface area contributed by atoms with Crippen LogP contribution in [0.4, 0.5) is 0 Å². The zero-order valence-electron chi connectivity index (χ0n) is 15.0. The van der Waals surface area contributed by atoms with Crippen LogP contribution in [0, 0.1) is 13.8 Å². The highest BCUT2D eigenvalue weighted by Gasteiger charge is 2.42. The molecule has 138 valence electrons. The van der Waals surface area contributed by atoms with E-state index in [1.54, 1.807) is 24.3 Å². The van der Waals surface area contributed by atoms with Crippen molar-refractivity contribution >= 4 is 28.5 Å². The molecule has 2 heterocycles. The average Bonchev–Trinajstić information content (AvgIpc) is 2.89. The molecule has 1 amide bonds. The molecule has 4 rings (SSSR count). The highest BCUT2D eigenvalue weighted by atomic mass is 35.5. The van der Waals surface area contributed by atoms with Crippen LogP contribution in [-0.2, 0) is 0 Å². The Morgan fingerprint density at radius 1 is 1.19 bits per heavy atom. The number of aliphatic hydroxyl groups excluding tert-OH is 1. The Kier molecular flexibility index (Phi) is 4.29. The van der Waals surface area contributed by atoms with Crippen molar-refractivity contribution in [1.82, 2.24) is 4.90 Å². The van der Waals surface area contributed by atoms with E-state index in [4.69, 9.17) is 16.0 Å². The smallest absolute Gasteiger partial charge is 0.290 e. The largest absolute Gasteiger partial charge is 0.450 e. The van der Waals surface area contributed by atoms with Crippen molar-refractivity contribution in [1.29, 1.82) is 0 Å². The fourth-order valence-electron chi connectivity index (χ4n) is 3.84. The van der Waals surface area contributed by atoms with Crippen LogP contribution in [0.2, 0.25) is 5.02 Å². The number of amides is 1. The fourth-order valence-corrected chi connectivity index (χ4v) is 4.03. The molecule has 1 aliphatic rings. The number of fused-ring (bicyclic) bond motifs is 2. The maximum Gasteiger partial charge on any atom is 0.290 e. The Hall–Kier alpha value is -2.63. The van der Waals surface area contributed by atoms with Gasteiger partial charge < -0.3 is 14.4 Å². The number of rotatable bonds is 3. The lowest BCUT2D eigenvalue weighted by molar-refractivity contribution is 0.0691. The summed E-state index contributed by atoms with van der Waals surface area (Å²) < 4.78 is 5.94. The molecular formula is C21H18ClNO4. The molecule has 0 aliphatic carbocycles. The SMILES string of the molecule is Cc1cc(C)c2oc3c(c(=O)c2c1)[C@H](c1cccc(Cl)c1)N(CCO)C3=O. The molecule has 2 aromatic carbocycles. The van der Waals surface area contributed by atoms with E-state index in [0.29, 0.717) is 27.1 Å². The molecule has 0 fully saturated rings. The topological polar surface area (TPSA) is 70.8 Å². The van der Waals surface area contributed by atoms with E-state index in [-0.39, 0.29) is 24.3 Å². The lowest BCUT2D eigenvalue weighted by Crippen LogP contribution is -2.32. The quantitative estimate of drug-likeness (QED) is 0.750. The van der Waals surface area contributed by atoms with E-state index in [0.717, 1.165) is 11.1 Å². The van der Waals surface area contributed by atoms with Gasteiger partial charge in [-0.05, 0) is 48.7 Å². The van der Waals surface area contributed by atoms with Crippen LogP contribution in [0.1, 0.15) is 38.9 Å². The van der Waals surface area contributed by atoms with Crippen molar-refractivity contribution in [2.75, 3.05) is 13.2 Å². The van der Waals surface area contributed by atoms with Crippen molar-refractivity contribution in [3.05, 3.63) is 79.7 Å². The van der Waals surface area contributed by atoms with Crippen LogP contribution in [-0.4, -0.2) is 29.1 Å². The molecule has 0 saturated carbocycles. The number of halogens is 1. The number of hydrogen-bond acceptors (Lipinski definition) is 4. The van der Waals surface area contributed by atoms with Crippen molar-refractivity contribution < 1.29 is 14.3 Å². The van der Waals surface area contributed by atoms with E-state index in [2.05, 4.69) is 0 Å². The predicted molar refractivity (Wildman–Crippen MR) is 103 cm³/mol. The minimum atomic E-state index is -0.639. The maximum atomic E-state index is 13.4. The van der Waals surface area contributed by atoms with Crippen LogP contribution < -0.4 is 5.43 Å². The molecule has 0 bridgehead atoms. The molecule has 1 aliphatic heterocycles. The number of hydrogen-bond donors (Lipinski definition) is 1. The molecule has 5 nitrogen and oxygen atoms in total. The van der Waals surface area contributed by atoms with Gasteiger partial charge in [0.25, 0.3) is 5.91 Å². The summed E-state index contributed by atoms with van der Waals surface area (Å²) in [5, 5.41) is 10.4. The van der Waals surface area contributed by atoms with E-state index in [1.165, 1.54) is 4.90 Å². The first kappa shape index (κ1) is 17.8. The van der Waals surface area contributed by atoms with Crippen molar-refractivity contribution in [3.8, 4) is 0 Å². The Bertz CT molecular complexity index is 1130. The van der Waals surface area contributed by atoms with Gasteiger partial charge in [0.2, 0.25) is 5.76 Å². The molecule has 27 heavy (non-hydrogen) atoms. The third kappa shape index (κ3) is 2.74. The number of aliphatic hydroxyl groups is 1. The highest BCUT2D eigenvalue weighted by molar-refractivity contribution is 6.30. The average molecular weight is 384 g/mol. The molecule has 1 aromatic heterocycles. The number of benzene rings is 2. The molecule has 1 atom stereocenters. The number of aryl methyl sites for hydroxylation is 2. The second-order valence-corrected chi connectivity index (χ2v) is 7.25. The summed E-state index contributed by atoms with van der Waals surface area (Å²) in [6.07, 6.45) is 0. The van der Waals surface area contributed by atoms with Gasteiger partial charge in [-0.25, -0.2) is 0 Å². The number of nitrogens with zero attached hydrogens (tertiary/aromatic N) is 1. The monoisotopic (exact) mass is 383 g/mol. The summed E-state index contributed by atoms with van der Waals surface area (Å²) in [6, 6.07) is 10.1. The number of carbonyl (C=O) groups excluding carboxylic acids is 1. The molecule has 1 N–H and O–H groups in total. The molecular weight excluding hydrogens is 366 g/mol. The van der Waals surface area contributed by atoms with Gasteiger partial charge in [0.1, 0.15) is 5.58 Å². The summed E-state index contributed by atoms with van der Waals surface area (Å²) in [5.41, 5.74) is 2.96. The van der Waals surface area contributed by atoms with Crippen LogP contribution in [0.15, 0.2) is 45.6 Å². The van der Waals surface area contributed by atoms with Crippen LogP contribution in [0.3, 0.4) is 0 Å². The van der Waals surface area contributed by atoms with E-state index < -0.39 is 11.9 Å². The summed E-state index contributed by atoms with van der Waals surface area (Å²) in [4.78, 5) is 27.8. The summed E-state index contributed by atoms with van der Waals surface area (Å²) >= 11 is 6.13. The number of carbonyl (C=O) groups is 1.